The molecule has 1 fully saturated rings. The van der Waals surface area contributed by atoms with Crippen LogP contribution in [0.25, 0.3) is 10.8 Å². The smallest absolute Gasteiger partial charge is 0.325 e. The SMILES string of the molecule is Cc1ccc2ccccc2c1COc1ccc(C(=O)NC[C@@](C)(C(=O)O)N2CCN(S(C)(=O)=O)CC2)cc1. The number of hydrogen-bond acceptors (Lipinski definition) is 6. The van der Waals surface area contributed by atoms with Gasteiger partial charge in [0.2, 0.25) is 10.0 Å². The van der Waals surface area contributed by atoms with Crippen LogP contribution in [0.1, 0.15) is 28.4 Å². The van der Waals surface area contributed by atoms with Gasteiger partial charge in [0.1, 0.15) is 17.9 Å². The number of hydrogen-bond donors (Lipinski definition) is 2. The van der Waals surface area contributed by atoms with E-state index in [4.69, 9.17) is 4.74 Å². The molecule has 1 aliphatic heterocycles. The first kappa shape index (κ1) is 27.6. The van der Waals surface area contributed by atoms with E-state index in [1.54, 1.807) is 29.2 Å². The summed E-state index contributed by atoms with van der Waals surface area (Å²) in [5.41, 5.74) is 1.25. The molecule has 202 valence electrons. The summed E-state index contributed by atoms with van der Waals surface area (Å²) in [7, 11) is -3.33. The molecule has 2 N–H and O–H groups in total. The minimum absolute atomic E-state index is 0.126. The maximum Gasteiger partial charge on any atom is 0.325 e. The molecule has 0 aromatic heterocycles. The van der Waals surface area contributed by atoms with Gasteiger partial charge in [0.25, 0.3) is 5.91 Å². The van der Waals surface area contributed by atoms with Crippen molar-refractivity contribution in [1.82, 2.24) is 14.5 Å². The van der Waals surface area contributed by atoms with Gasteiger partial charge >= 0.3 is 5.97 Å². The maximum atomic E-state index is 12.8. The monoisotopic (exact) mass is 539 g/mol. The fourth-order valence-corrected chi connectivity index (χ4v) is 5.51. The molecule has 3 aromatic carbocycles. The van der Waals surface area contributed by atoms with Gasteiger partial charge in [-0.3, -0.25) is 14.5 Å². The molecule has 9 nitrogen and oxygen atoms in total. The number of benzene rings is 3. The van der Waals surface area contributed by atoms with Crippen LogP contribution in [0.3, 0.4) is 0 Å². The van der Waals surface area contributed by atoms with Crippen LogP contribution in [-0.2, 0) is 21.4 Å². The lowest BCUT2D eigenvalue weighted by Crippen LogP contribution is -2.63. The highest BCUT2D eigenvalue weighted by Crippen LogP contribution is 2.24. The molecular weight excluding hydrogens is 506 g/mol. The maximum absolute atomic E-state index is 12.8. The van der Waals surface area contributed by atoms with Crippen LogP contribution in [0, 0.1) is 6.92 Å². The Bertz CT molecular complexity index is 1430. The summed E-state index contributed by atoms with van der Waals surface area (Å²) in [6, 6.07) is 19.0. The number of ether oxygens (including phenoxy) is 1. The lowest BCUT2D eigenvalue weighted by atomic mass is 9.98. The Morgan fingerprint density at radius 1 is 1.00 bits per heavy atom. The van der Waals surface area contributed by atoms with Gasteiger partial charge in [-0.2, -0.15) is 4.31 Å². The zero-order valence-electron chi connectivity index (χ0n) is 21.8. The molecule has 1 atom stereocenters. The quantitative estimate of drug-likeness (QED) is 0.430. The Hall–Kier alpha value is -3.47. The van der Waals surface area contributed by atoms with E-state index in [0.29, 0.717) is 17.9 Å². The third kappa shape index (κ3) is 5.98. The number of sulfonamides is 1. The molecule has 1 saturated heterocycles. The zero-order valence-corrected chi connectivity index (χ0v) is 22.6. The van der Waals surface area contributed by atoms with Crippen molar-refractivity contribution in [2.75, 3.05) is 39.0 Å². The van der Waals surface area contributed by atoms with Gasteiger partial charge in [-0.25, -0.2) is 8.42 Å². The number of piperazine rings is 1. The number of carbonyl (C=O) groups is 2. The van der Waals surface area contributed by atoms with Crippen molar-refractivity contribution in [3.63, 3.8) is 0 Å². The molecule has 0 unspecified atom stereocenters. The summed E-state index contributed by atoms with van der Waals surface area (Å²) in [4.78, 5) is 26.7. The Kier molecular flexibility index (Phi) is 8.05. The molecule has 0 saturated carbocycles. The average Bonchev–Trinajstić information content (AvgIpc) is 2.90. The van der Waals surface area contributed by atoms with E-state index in [1.165, 1.54) is 11.2 Å². The second kappa shape index (κ2) is 11.1. The molecule has 4 rings (SSSR count). The van der Waals surface area contributed by atoms with Crippen LogP contribution in [0.4, 0.5) is 0 Å². The first-order chi connectivity index (χ1) is 18.0. The fourth-order valence-electron chi connectivity index (χ4n) is 4.68. The summed E-state index contributed by atoms with van der Waals surface area (Å²) in [6.07, 6.45) is 1.14. The molecule has 0 radical (unpaired) electrons. The number of aliphatic carboxylic acids is 1. The van der Waals surface area contributed by atoms with Crippen molar-refractivity contribution >= 4 is 32.7 Å². The summed E-state index contributed by atoms with van der Waals surface area (Å²) >= 11 is 0. The van der Waals surface area contributed by atoms with E-state index in [0.717, 1.165) is 28.2 Å². The van der Waals surface area contributed by atoms with Gasteiger partial charge in [0.05, 0.1) is 6.26 Å². The van der Waals surface area contributed by atoms with Crippen LogP contribution >= 0.6 is 0 Å². The van der Waals surface area contributed by atoms with Crippen molar-refractivity contribution in [3.05, 3.63) is 77.4 Å². The standard InChI is InChI=1S/C28H33N3O6S/c1-20-8-9-21-6-4-5-7-24(21)25(20)18-37-23-12-10-22(11-13-23)26(32)29-19-28(2,27(33)34)30-14-16-31(17-15-30)38(3,35)36/h4-13H,14-19H2,1-3H3,(H,29,32)(H,33,34)/t28-/m0/s1. The topological polar surface area (TPSA) is 116 Å². The number of nitrogens with zero attached hydrogens (tertiary/aromatic N) is 2. The summed E-state index contributed by atoms with van der Waals surface area (Å²) in [6.45, 7) is 4.78. The van der Waals surface area contributed by atoms with Gasteiger partial charge in [-0.05, 0) is 54.4 Å². The van der Waals surface area contributed by atoms with E-state index in [1.807, 2.05) is 12.1 Å². The average molecular weight is 540 g/mol. The van der Waals surface area contributed by atoms with Gasteiger partial charge < -0.3 is 15.2 Å². The minimum atomic E-state index is -3.33. The van der Waals surface area contributed by atoms with E-state index in [2.05, 4.69) is 36.5 Å². The third-order valence-corrected chi connectivity index (χ3v) is 8.54. The van der Waals surface area contributed by atoms with E-state index >= 15 is 0 Å². The predicted molar refractivity (Wildman–Crippen MR) is 146 cm³/mol. The number of carboxylic acids is 1. The number of aryl methyl sites for hydroxylation is 1. The van der Waals surface area contributed by atoms with Crippen LogP contribution in [0.2, 0.25) is 0 Å². The molecule has 1 amide bonds. The third-order valence-electron chi connectivity index (χ3n) is 7.23. The second-order valence-electron chi connectivity index (χ2n) is 9.81. The molecule has 38 heavy (non-hydrogen) atoms. The highest BCUT2D eigenvalue weighted by Gasteiger charge is 2.42. The van der Waals surface area contributed by atoms with Crippen molar-refractivity contribution in [3.8, 4) is 5.75 Å². The predicted octanol–water partition coefficient (Wildman–Crippen LogP) is 2.88. The van der Waals surface area contributed by atoms with Gasteiger partial charge in [0, 0.05) is 43.9 Å². The van der Waals surface area contributed by atoms with Crippen LogP contribution in [0.5, 0.6) is 5.75 Å². The Labute approximate surface area is 223 Å². The number of rotatable bonds is 9. The first-order valence-electron chi connectivity index (χ1n) is 12.4. The second-order valence-corrected chi connectivity index (χ2v) is 11.8. The molecule has 3 aromatic rings. The van der Waals surface area contributed by atoms with Gasteiger partial charge in [-0.15, -0.1) is 0 Å². The summed E-state index contributed by atoms with van der Waals surface area (Å²) in [5.74, 6) is -0.866. The summed E-state index contributed by atoms with van der Waals surface area (Å²) in [5, 5.41) is 14.9. The number of carbonyl (C=O) groups excluding carboxylic acids is 1. The Morgan fingerprint density at radius 2 is 1.66 bits per heavy atom. The number of fused-ring (bicyclic) bond motifs is 1. The Morgan fingerprint density at radius 3 is 2.29 bits per heavy atom. The minimum Gasteiger partial charge on any atom is -0.489 e. The lowest BCUT2D eigenvalue weighted by molar-refractivity contribution is -0.151. The van der Waals surface area contributed by atoms with Crippen molar-refractivity contribution < 1.29 is 27.9 Å². The number of nitrogens with one attached hydrogen (secondary N) is 1. The van der Waals surface area contributed by atoms with Crippen molar-refractivity contribution in [2.45, 2.75) is 26.0 Å². The Balaban J connectivity index is 1.36. The van der Waals surface area contributed by atoms with E-state index in [-0.39, 0.29) is 32.7 Å². The molecular formula is C28H33N3O6S. The number of carboxylic acid groups (broad SMARTS) is 1. The molecule has 0 aliphatic carbocycles. The first-order valence-corrected chi connectivity index (χ1v) is 14.3. The van der Waals surface area contributed by atoms with Crippen molar-refractivity contribution in [1.29, 1.82) is 0 Å². The highest BCUT2D eigenvalue weighted by molar-refractivity contribution is 7.88. The zero-order chi connectivity index (χ0) is 27.5. The van der Waals surface area contributed by atoms with Crippen LogP contribution < -0.4 is 10.1 Å². The molecule has 1 heterocycles. The van der Waals surface area contributed by atoms with Crippen LogP contribution in [0.15, 0.2) is 60.7 Å². The largest absolute Gasteiger partial charge is 0.489 e. The highest BCUT2D eigenvalue weighted by atomic mass is 32.2. The molecule has 1 aliphatic rings. The van der Waals surface area contributed by atoms with Gasteiger partial charge in [0.15, 0.2) is 0 Å². The van der Waals surface area contributed by atoms with E-state index < -0.39 is 27.4 Å². The number of amides is 1. The molecule has 10 heteroatoms. The van der Waals surface area contributed by atoms with Crippen LogP contribution in [-0.4, -0.2) is 79.1 Å². The molecule has 0 spiro atoms. The van der Waals surface area contributed by atoms with E-state index in [9.17, 15) is 23.1 Å². The normalized spacial score (nSPS) is 16.6. The van der Waals surface area contributed by atoms with Crippen molar-refractivity contribution in [2.24, 2.45) is 0 Å². The molecule has 0 bridgehead atoms. The van der Waals surface area contributed by atoms with Gasteiger partial charge in [-0.1, -0.05) is 36.4 Å². The summed E-state index contributed by atoms with van der Waals surface area (Å²) < 4.78 is 30.9. The lowest BCUT2D eigenvalue weighted by Gasteiger charge is -2.42. The fraction of sp³-hybridized carbons (Fsp3) is 0.357.